The monoisotopic (exact) mass is 259 g/mol. The quantitative estimate of drug-likeness (QED) is 0.641. The summed E-state index contributed by atoms with van der Waals surface area (Å²) in [5.74, 6) is -1.78. The molecule has 0 aliphatic carbocycles. The van der Waals surface area contributed by atoms with Crippen LogP contribution in [0.2, 0.25) is 0 Å². The molecule has 0 spiro atoms. The Bertz CT molecular complexity index is 391. The molecule has 1 N–H and O–H groups in total. The van der Waals surface area contributed by atoms with Gasteiger partial charge in [-0.15, -0.1) is 0 Å². The average Bonchev–Trinajstić information content (AvgIpc) is 2.17. The van der Waals surface area contributed by atoms with Crippen LogP contribution in [0.3, 0.4) is 0 Å². The van der Waals surface area contributed by atoms with E-state index in [9.17, 15) is 9.59 Å². The van der Waals surface area contributed by atoms with Gasteiger partial charge in [-0.3, -0.25) is 0 Å². The first kappa shape index (κ1) is 10.6. The fourth-order valence-corrected chi connectivity index (χ4v) is 1.20. The Hall–Kier alpha value is -1.43. The zero-order valence-electron chi connectivity index (χ0n) is 7.15. The number of aromatic carboxylic acids is 1. The van der Waals surface area contributed by atoms with Crippen molar-refractivity contribution in [3.05, 3.63) is 28.0 Å². The number of carboxylic acids is 1. The number of hydrogen-bond donors (Lipinski definition) is 1. The van der Waals surface area contributed by atoms with Crippen LogP contribution in [0.4, 0.5) is 0 Å². The molecule has 0 aliphatic rings. The Morgan fingerprint density at radius 2 is 2.21 bits per heavy atom. The Kier molecular flexibility index (Phi) is 3.19. The van der Waals surface area contributed by atoms with E-state index in [1.54, 1.807) is 0 Å². The zero-order chi connectivity index (χ0) is 10.7. The number of halogens is 1. The van der Waals surface area contributed by atoms with Crippen LogP contribution in [0.1, 0.15) is 20.7 Å². The highest BCUT2D eigenvalue weighted by molar-refractivity contribution is 9.10. The maximum absolute atomic E-state index is 11.1. The van der Waals surface area contributed by atoms with Gasteiger partial charge in [-0.25, -0.2) is 14.6 Å². The summed E-state index contributed by atoms with van der Waals surface area (Å²) < 4.78 is 4.71. The maximum Gasteiger partial charge on any atom is 0.340 e. The highest BCUT2D eigenvalue weighted by Gasteiger charge is 2.14. The molecule has 0 aromatic carbocycles. The normalized spacial score (nSPS) is 9.57. The average molecular weight is 260 g/mol. The van der Waals surface area contributed by atoms with Gasteiger partial charge in [-0.05, 0) is 22.0 Å². The van der Waals surface area contributed by atoms with Gasteiger partial charge >= 0.3 is 11.9 Å². The van der Waals surface area contributed by atoms with Gasteiger partial charge < -0.3 is 9.84 Å². The van der Waals surface area contributed by atoms with Crippen molar-refractivity contribution in [3.63, 3.8) is 0 Å². The van der Waals surface area contributed by atoms with E-state index in [1.807, 2.05) is 0 Å². The largest absolute Gasteiger partial charge is 0.478 e. The number of pyridine rings is 1. The van der Waals surface area contributed by atoms with Gasteiger partial charge in [0.2, 0.25) is 0 Å². The summed E-state index contributed by atoms with van der Waals surface area (Å²) in [6.45, 7) is 0. The van der Waals surface area contributed by atoms with Crippen molar-refractivity contribution in [1.29, 1.82) is 0 Å². The summed E-state index contributed by atoms with van der Waals surface area (Å²) in [5.41, 5.74) is 0.0287. The number of hydrogen-bond acceptors (Lipinski definition) is 4. The summed E-state index contributed by atoms with van der Waals surface area (Å²) in [6, 6.07) is 1.20. The molecule has 0 radical (unpaired) electrons. The molecule has 1 rings (SSSR count). The third-order valence-corrected chi connectivity index (χ3v) is 2.12. The molecule has 0 amide bonds. The summed E-state index contributed by atoms with van der Waals surface area (Å²) >= 11 is 3.02. The molecule has 0 fully saturated rings. The number of carbonyl (C=O) groups is 2. The molecular weight excluding hydrogens is 254 g/mol. The molecule has 0 saturated heterocycles. The van der Waals surface area contributed by atoms with E-state index >= 15 is 0 Å². The Balaban J connectivity index is 3.21. The minimum atomic E-state index is -1.14. The molecule has 1 aromatic rings. The number of carboxylic acid groups (broad SMARTS) is 1. The molecule has 74 valence electrons. The summed E-state index contributed by atoms with van der Waals surface area (Å²) in [7, 11) is 1.21. The van der Waals surface area contributed by atoms with Crippen LogP contribution in [-0.4, -0.2) is 29.1 Å². The Morgan fingerprint density at radius 1 is 1.57 bits per heavy atom. The van der Waals surface area contributed by atoms with Crippen molar-refractivity contribution in [1.82, 2.24) is 4.98 Å². The fraction of sp³-hybridized carbons (Fsp3) is 0.125. The molecule has 0 atom stereocenters. The number of carbonyl (C=O) groups excluding carboxylic acids is 1. The lowest BCUT2D eigenvalue weighted by molar-refractivity contribution is 0.0599. The lowest BCUT2D eigenvalue weighted by atomic mass is 10.2. The van der Waals surface area contributed by atoms with E-state index in [0.717, 1.165) is 6.20 Å². The molecule has 0 aliphatic heterocycles. The first-order chi connectivity index (χ1) is 6.56. The lowest BCUT2D eigenvalue weighted by Gasteiger charge is -2.02. The smallest absolute Gasteiger partial charge is 0.340 e. The molecule has 0 saturated carbocycles. The first-order valence-electron chi connectivity index (χ1n) is 3.53. The predicted molar refractivity (Wildman–Crippen MR) is 50.2 cm³/mol. The lowest BCUT2D eigenvalue weighted by Crippen LogP contribution is -2.07. The van der Waals surface area contributed by atoms with Crippen LogP contribution in [0, 0.1) is 0 Å². The van der Waals surface area contributed by atoms with Crippen molar-refractivity contribution >= 4 is 27.9 Å². The zero-order valence-corrected chi connectivity index (χ0v) is 8.74. The van der Waals surface area contributed by atoms with Gasteiger partial charge in [0.05, 0.1) is 18.2 Å². The number of ether oxygens (including phenoxy) is 1. The summed E-state index contributed by atoms with van der Waals surface area (Å²) in [4.78, 5) is 25.4. The second-order valence-electron chi connectivity index (χ2n) is 2.36. The number of aromatic nitrogens is 1. The van der Waals surface area contributed by atoms with Gasteiger partial charge in [0.25, 0.3) is 0 Å². The van der Waals surface area contributed by atoms with Crippen molar-refractivity contribution in [2.45, 2.75) is 0 Å². The molecule has 5 nitrogen and oxygen atoms in total. The third kappa shape index (κ3) is 2.08. The number of nitrogens with zero attached hydrogens (tertiary/aromatic N) is 1. The molecule has 1 heterocycles. The van der Waals surface area contributed by atoms with Gasteiger partial charge in [0, 0.05) is 6.20 Å². The van der Waals surface area contributed by atoms with Crippen molar-refractivity contribution in [2.24, 2.45) is 0 Å². The van der Waals surface area contributed by atoms with E-state index in [4.69, 9.17) is 5.11 Å². The maximum atomic E-state index is 11.1. The minimum absolute atomic E-state index is 0.0615. The van der Waals surface area contributed by atoms with Crippen LogP contribution in [0.25, 0.3) is 0 Å². The van der Waals surface area contributed by atoms with Crippen LogP contribution in [-0.2, 0) is 4.74 Å². The number of esters is 1. The van der Waals surface area contributed by atoms with E-state index in [2.05, 4.69) is 25.7 Å². The molecule has 0 bridgehead atoms. The number of rotatable bonds is 2. The highest BCUT2D eigenvalue weighted by Crippen LogP contribution is 2.16. The topological polar surface area (TPSA) is 76.5 Å². The van der Waals surface area contributed by atoms with Gasteiger partial charge in [0.15, 0.2) is 0 Å². The molecule has 1 aromatic heterocycles. The van der Waals surface area contributed by atoms with Gasteiger partial charge in [-0.1, -0.05) is 0 Å². The van der Waals surface area contributed by atoms with Crippen molar-refractivity contribution in [3.8, 4) is 0 Å². The highest BCUT2D eigenvalue weighted by atomic mass is 79.9. The van der Waals surface area contributed by atoms with Crippen LogP contribution in [0.15, 0.2) is 16.9 Å². The van der Waals surface area contributed by atoms with Gasteiger partial charge in [0.1, 0.15) is 4.60 Å². The van der Waals surface area contributed by atoms with Crippen LogP contribution < -0.4 is 0 Å². The molecule has 14 heavy (non-hydrogen) atoms. The Labute approximate surface area is 87.8 Å². The predicted octanol–water partition coefficient (Wildman–Crippen LogP) is 1.33. The van der Waals surface area contributed by atoms with E-state index < -0.39 is 11.9 Å². The summed E-state index contributed by atoms with van der Waals surface area (Å²) in [5, 5.41) is 8.65. The van der Waals surface area contributed by atoms with Gasteiger partial charge in [-0.2, -0.15) is 0 Å². The molecular formula is C8H6BrNO4. The SMILES string of the molecule is COC(=O)c1cc(C(=O)O)cnc1Br. The third-order valence-electron chi connectivity index (χ3n) is 1.49. The van der Waals surface area contributed by atoms with E-state index in [0.29, 0.717) is 0 Å². The first-order valence-corrected chi connectivity index (χ1v) is 4.32. The standard InChI is InChI=1S/C8H6BrNO4/c1-14-8(13)5-2-4(7(11)12)3-10-6(5)9/h2-3H,1H3,(H,11,12). The minimum Gasteiger partial charge on any atom is -0.478 e. The fourth-order valence-electron chi connectivity index (χ4n) is 0.818. The Morgan fingerprint density at radius 3 is 2.71 bits per heavy atom. The van der Waals surface area contributed by atoms with Crippen LogP contribution >= 0.6 is 15.9 Å². The van der Waals surface area contributed by atoms with E-state index in [-0.39, 0.29) is 15.7 Å². The molecule has 0 unspecified atom stereocenters. The number of methoxy groups -OCH3 is 1. The van der Waals surface area contributed by atoms with Crippen LogP contribution in [0.5, 0.6) is 0 Å². The van der Waals surface area contributed by atoms with Crippen molar-refractivity contribution in [2.75, 3.05) is 7.11 Å². The van der Waals surface area contributed by atoms with Crippen molar-refractivity contribution < 1.29 is 19.4 Å². The van der Waals surface area contributed by atoms with E-state index in [1.165, 1.54) is 13.2 Å². The second-order valence-corrected chi connectivity index (χ2v) is 3.11. The second kappa shape index (κ2) is 4.19. The molecule has 6 heteroatoms. The summed E-state index contributed by atoms with van der Waals surface area (Å²) in [6.07, 6.45) is 1.15.